The molecule has 0 N–H and O–H groups in total. The van der Waals surface area contributed by atoms with Gasteiger partial charge in [-0.05, 0) is 49.5 Å². The Balaban J connectivity index is 1.89. The molecule has 0 aromatic carbocycles. The normalized spacial score (nSPS) is 40.4. The summed E-state index contributed by atoms with van der Waals surface area (Å²) >= 11 is 0. The fraction of sp³-hybridized carbons (Fsp3) is 0.786. The smallest absolute Gasteiger partial charge is 0.156 e. The van der Waals surface area contributed by atoms with Crippen molar-refractivity contribution < 1.29 is 4.79 Å². The largest absolute Gasteiger partial charge is 0.295 e. The quantitative estimate of drug-likeness (QED) is 0.590. The van der Waals surface area contributed by atoms with E-state index in [1.807, 2.05) is 6.08 Å². The number of hydrogen-bond donors (Lipinski definition) is 0. The maximum absolute atomic E-state index is 11.5. The molecule has 3 atom stereocenters. The molecule has 0 bridgehead atoms. The molecular weight excluding hydrogens is 184 g/mol. The fourth-order valence-corrected chi connectivity index (χ4v) is 4.02. The first kappa shape index (κ1) is 9.62. The third-order valence-electron chi connectivity index (χ3n) is 4.71. The van der Waals surface area contributed by atoms with Gasteiger partial charge < -0.3 is 0 Å². The van der Waals surface area contributed by atoms with Crippen molar-refractivity contribution in [2.45, 2.75) is 51.4 Å². The predicted molar refractivity (Wildman–Crippen MR) is 60.5 cm³/mol. The minimum Gasteiger partial charge on any atom is -0.295 e. The molecule has 2 saturated carbocycles. The maximum Gasteiger partial charge on any atom is 0.156 e. The maximum atomic E-state index is 11.5. The van der Waals surface area contributed by atoms with Gasteiger partial charge in [-0.1, -0.05) is 24.8 Å². The summed E-state index contributed by atoms with van der Waals surface area (Å²) in [5, 5.41) is 0. The molecule has 3 aliphatic rings. The molecule has 3 rings (SSSR count). The summed E-state index contributed by atoms with van der Waals surface area (Å²) in [6.07, 6.45) is 12.5. The Kier molecular flexibility index (Phi) is 2.42. The molecule has 15 heavy (non-hydrogen) atoms. The van der Waals surface area contributed by atoms with Gasteiger partial charge in [0.25, 0.3) is 0 Å². The van der Waals surface area contributed by atoms with Crippen LogP contribution >= 0.6 is 0 Å². The van der Waals surface area contributed by atoms with Crippen molar-refractivity contribution in [3.05, 3.63) is 11.6 Å². The molecule has 0 aromatic rings. The summed E-state index contributed by atoms with van der Waals surface area (Å²) in [5.41, 5.74) is 1.56. The highest BCUT2D eigenvalue weighted by atomic mass is 16.1. The minimum absolute atomic E-state index is 0.404. The highest BCUT2D eigenvalue weighted by Crippen LogP contribution is 2.47. The summed E-state index contributed by atoms with van der Waals surface area (Å²) in [6, 6.07) is 0. The Bertz CT molecular complexity index is 302. The van der Waals surface area contributed by atoms with E-state index in [1.165, 1.54) is 44.9 Å². The Morgan fingerprint density at radius 2 is 1.80 bits per heavy atom. The van der Waals surface area contributed by atoms with E-state index in [0.717, 1.165) is 18.3 Å². The second kappa shape index (κ2) is 3.77. The lowest BCUT2D eigenvalue weighted by Gasteiger charge is -2.32. The first-order valence-corrected chi connectivity index (χ1v) is 6.59. The van der Waals surface area contributed by atoms with Gasteiger partial charge in [-0.3, -0.25) is 4.79 Å². The van der Waals surface area contributed by atoms with Crippen LogP contribution in [0.1, 0.15) is 51.4 Å². The van der Waals surface area contributed by atoms with Gasteiger partial charge in [-0.15, -0.1) is 0 Å². The third-order valence-corrected chi connectivity index (χ3v) is 4.71. The van der Waals surface area contributed by atoms with E-state index in [9.17, 15) is 4.79 Å². The Hall–Kier alpha value is -0.590. The molecule has 0 saturated heterocycles. The summed E-state index contributed by atoms with van der Waals surface area (Å²) in [4.78, 5) is 11.5. The molecule has 1 heteroatoms. The van der Waals surface area contributed by atoms with Crippen molar-refractivity contribution >= 4 is 5.78 Å². The number of fused-ring (bicyclic) bond motifs is 3. The fourth-order valence-electron chi connectivity index (χ4n) is 4.02. The molecule has 3 aliphatic carbocycles. The van der Waals surface area contributed by atoms with Crippen molar-refractivity contribution in [2.24, 2.45) is 17.8 Å². The number of carbonyl (C=O) groups excluding carboxylic acids is 1. The van der Waals surface area contributed by atoms with Crippen LogP contribution in [0.3, 0.4) is 0 Å². The summed E-state index contributed by atoms with van der Waals surface area (Å²) in [7, 11) is 0. The molecule has 82 valence electrons. The van der Waals surface area contributed by atoms with Crippen molar-refractivity contribution in [1.29, 1.82) is 0 Å². The van der Waals surface area contributed by atoms with Gasteiger partial charge in [-0.25, -0.2) is 0 Å². The van der Waals surface area contributed by atoms with Crippen LogP contribution in [-0.4, -0.2) is 5.78 Å². The molecule has 0 spiro atoms. The van der Waals surface area contributed by atoms with E-state index < -0.39 is 0 Å². The molecule has 0 aromatic heterocycles. The van der Waals surface area contributed by atoms with Gasteiger partial charge in [0, 0.05) is 6.42 Å². The molecule has 0 heterocycles. The van der Waals surface area contributed by atoms with Crippen molar-refractivity contribution in [3.8, 4) is 0 Å². The van der Waals surface area contributed by atoms with Gasteiger partial charge in [0.2, 0.25) is 0 Å². The zero-order chi connectivity index (χ0) is 10.3. The van der Waals surface area contributed by atoms with Crippen molar-refractivity contribution in [2.75, 3.05) is 0 Å². The first-order chi connectivity index (χ1) is 7.34. The lowest BCUT2D eigenvalue weighted by atomic mass is 9.73. The topological polar surface area (TPSA) is 17.1 Å². The molecule has 3 unspecified atom stereocenters. The second-order valence-electron chi connectivity index (χ2n) is 5.59. The number of carbonyl (C=O) groups is 1. The molecule has 0 aliphatic heterocycles. The van der Waals surface area contributed by atoms with E-state index >= 15 is 0 Å². The average molecular weight is 204 g/mol. The molecule has 0 amide bonds. The monoisotopic (exact) mass is 204 g/mol. The van der Waals surface area contributed by atoms with E-state index in [-0.39, 0.29) is 0 Å². The molecule has 1 nitrogen and oxygen atoms in total. The van der Waals surface area contributed by atoms with Crippen molar-refractivity contribution in [1.82, 2.24) is 0 Å². The van der Waals surface area contributed by atoms with E-state index in [2.05, 4.69) is 0 Å². The molecule has 2 fully saturated rings. The van der Waals surface area contributed by atoms with Gasteiger partial charge in [0.1, 0.15) is 0 Å². The zero-order valence-corrected chi connectivity index (χ0v) is 9.37. The average Bonchev–Trinajstić information content (AvgIpc) is 2.52. The molecular formula is C14H20O. The molecule has 0 radical (unpaired) electrons. The van der Waals surface area contributed by atoms with Crippen LogP contribution in [0.25, 0.3) is 0 Å². The van der Waals surface area contributed by atoms with Crippen LogP contribution in [-0.2, 0) is 4.79 Å². The lowest BCUT2D eigenvalue weighted by Crippen LogP contribution is -2.21. The Morgan fingerprint density at radius 3 is 2.73 bits per heavy atom. The van der Waals surface area contributed by atoms with Crippen molar-refractivity contribution in [3.63, 3.8) is 0 Å². The number of hydrogen-bond acceptors (Lipinski definition) is 1. The second-order valence-corrected chi connectivity index (χ2v) is 5.59. The Morgan fingerprint density at radius 1 is 1.00 bits per heavy atom. The van der Waals surface area contributed by atoms with E-state index in [0.29, 0.717) is 11.7 Å². The number of rotatable bonds is 0. The van der Waals surface area contributed by atoms with Crippen LogP contribution < -0.4 is 0 Å². The van der Waals surface area contributed by atoms with Crippen LogP contribution in [0.2, 0.25) is 0 Å². The summed E-state index contributed by atoms with van der Waals surface area (Å²) in [5.74, 6) is 2.76. The van der Waals surface area contributed by atoms with Gasteiger partial charge in [0.15, 0.2) is 5.78 Å². The van der Waals surface area contributed by atoms with E-state index in [1.54, 1.807) is 5.57 Å². The van der Waals surface area contributed by atoms with Gasteiger partial charge >= 0.3 is 0 Å². The number of allylic oxidation sites excluding steroid dienone is 2. The van der Waals surface area contributed by atoms with Crippen LogP contribution in [0.5, 0.6) is 0 Å². The summed E-state index contributed by atoms with van der Waals surface area (Å²) in [6.45, 7) is 0. The highest BCUT2D eigenvalue weighted by molar-refractivity contribution is 5.93. The van der Waals surface area contributed by atoms with E-state index in [4.69, 9.17) is 0 Å². The lowest BCUT2D eigenvalue weighted by molar-refractivity contribution is -0.114. The van der Waals surface area contributed by atoms with Crippen LogP contribution in [0, 0.1) is 17.8 Å². The Labute approximate surface area is 91.9 Å². The first-order valence-electron chi connectivity index (χ1n) is 6.59. The zero-order valence-electron chi connectivity index (χ0n) is 9.37. The SMILES string of the molecule is O=C1C=C2C(CCCC3CCCCC23)C1. The number of ketones is 1. The van der Waals surface area contributed by atoms with Gasteiger partial charge in [-0.2, -0.15) is 0 Å². The predicted octanol–water partition coefficient (Wildman–Crippen LogP) is 3.49. The van der Waals surface area contributed by atoms with Crippen LogP contribution in [0.15, 0.2) is 11.6 Å². The summed E-state index contributed by atoms with van der Waals surface area (Å²) < 4.78 is 0. The van der Waals surface area contributed by atoms with Crippen LogP contribution in [0.4, 0.5) is 0 Å². The standard InChI is InChI=1S/C14H20O/c15-12-8-11-6-3-5-10-4-1-2-7-13(10)14(11)9-12/h9-11,13H,1-8H2. The third kappa shape index (κ3) is 1.66. The highest BCUT2D eigenvalue weighted by Gasteiger charge is 2.37. The minimum atomic E-state index is 0.404. The van der Waals surface area contributed by atoms with Gasteiger partial charge in [0.05, 0.1) is 0 Å².